The van der Waals surface area contributed by atoms with Crippen LogP contribution in [-0.2, 0) is 4.74 Å². The van der Waals surface area contributed by atoms with E-state index in [1.54, 1.807) is 6.08 Å². The first-order chi connectivity index (χ1) is 7.24. The molecular formula is C14H28O. The SMILES string of the molecule is C=CC(=C)CC.CC.CCC1CCCO1. The van der Waals surface area contributed by atoms with Crippen LogP contribution < -0.4 is 0 Å². The Bertz CT molecular complexity index is 143. The van der Waals surface area contributed by atoms with Crippen LogP contribution in [0.15, 0.2) is 24.8 Å². The summed E-state index contributed by atoms with van der Waals surface area (Å²) >= 11 is 0. The zero-order valence-electron chi connectivity index (χ0n) is 11.0. The van der Waals surface area contributed by atoms with Crippen LogP contribution in [0.2, 0.25) is 0 Å². The van der Waals surface area contributed by atoms with Crippen LogP contribution in [0, 0.1) is 0 Å². The highest BCUT2D eigenvalue weighted by Crippen LogP contribution is 2.13. The minimum absolute atomic E-state index is 0.597. The maximum atomic E-state index is 5.30. The van der Waals surface area contributed by atoms with Crippen LogP contribution in [0.4, 0.5) is 0 Å². The van der Waals surface area contributed by atoms with Crippen LogP contribution in [-0.4, -0.2) is 12.7 Å². The van der Waals surface area contributed by atoms with E-state index in [0.717, 1.165) is 18.6 Å². The molecule has 1 heteroatoms. The lowest BCUT2D eigenvalue weighted by Crippen LogP contribution is -2.00. The summed E-state index contributed by atoms with van der Waals surface area (Å²) in [6.07, 6.45) is 7.15. The molecule has 0 N–H and O–H groups in total. The van der Waals surface area contributed by atoms with Gasteiger partial charge in [-0.25, -0.2) is 0 Å². The molecule has 0 saturated carbocycles. The molecule has 1 fully saturated rings. The van der Waals surface area contributed by atoms with Gasteiger partial charge in [0, 0.05) is 6.61 Å². The van der Waals surface area contributed by atoms with Crippen molar-refractivity contribution in [1.29, 1.82) is 0 Å². The summed E-state index contributed by atoms with van der Waals surface area (Å²) in [5.74, 6) is 0. The first kappa shape index (κ1) is 16.9. The van der Waals surface area contributed by atoms with E-state index in [0.29, 0.717) is 6.10 Å². The highest BCUT2D eigenvalue weighted by molar-refractivity contribution is 5.09. The second-order valence-corrected chi connectivity index (χ2v) is 3.26. The molecule has 0 spiro atoms. The van der Waals surface area contributed by atoms with Gasteiger partial charge in [0.25, 0.3) is 0 Å². The fraction of sp³-hybridized carbons (Fsp3) is 0.714. The number of ether oxygens (including phenoxy) is 1. The molecule has 0 aromatic rings. The number of hydrogen-bond donors (Lipinski definition) is 0. The molecule has 1 nitrogen and oxygen atoms in total. The maximum absolute atomic E-state index is 5.30. The van der Waals surface area contributed by atoms with Gasteiger partial charge in [0.15, 0.2) is 0 Å². The highest BCUT2D eigenvalue weighted by Gasteiger charge is 2.11. The van der Waals surface area contributed by atoms with Gasteiger partial charge in [0.05, 0.1) is 6.10 Å². The van der Waals surface area contributed by atoms with E-state index < -0.39 is 0 Å². The summed E-state index contributed by atoms with van der Waals surface area (Å²) in [7, 11) is 0. The average Bonchev–Trinajstić information content (AvgIpc) is 2.84. The minimum Gasteiger partial charge on any atom is -0.378 e. The van der Waals surface area contributed by atoms with Crippen molar-refractivity contribution in [3.8, 4) is 0 Å². The predicted octanol–water partition coefficient (Wildman–Crippen LogP) is 4.74. The lowest BCUT2D eigenvalue weighted by Gasteiger charge is -2.01. The van der Waals surface area contributed by atoms with E-state index in [9.17, 15) is 0 Å². The Morgan fingerprint density at radius 2 is 2.00 bits per heavy atom. The average molecular weight is 212 g/mol. The zero-order chi connectivity index (χ0) is 12.1. The van der Waals surface area contributed by atoms with E-state index in [1.807, 2.05) is 13.8 Å². The van der Waals surface area contributed by atoms with Gasteiger partial charge in [-0.1, -0.05) is 52.5 Å². The Morgan fingerprint density at radius 3 is 2.13 bits per heavy atom. The van der Waals surface area contributed by atoms with Crippen molar-refractivity contribution in [2.24, 2.45) is 0 Å². The Hall–Kier alpha value is -0.560. The van der Waals surface area contributed by atoms with Gasteiger partial charge < -0.3 is 4.74 Å². The molecule has 0 aliphatic carbocycles. The topological polar surface area (TPSA) is 9.23 Å². The normalized spacial score (nSPS) is 18.0. The van der Waals surface area contributed by atoms with E-state index in [-0.39, 0.29) is 0 Å². The molecule has 15 heavy (non-hydrogen) atoms. The summed E-state index contributed by atoms with van der Waals surface area (Å²) < 4.78 is 5.30. The molecule has 0 aromatic carbocycles. The lowest BCUT2D eigenvalue weighted by atomic mass is 10.2. The molecule has 1 aliphatic rings. The highest BCUT2D eigenvalue weighted by atomic mass is 16.5. The molecule has 0 amide bonds. The van der Waals surface area contributed by atoms with Crippen molar-refractivity contribution < 1.29 is 4.74 Å². The van der Waals surface area contributed by atoms with Crippen molar-refractivity contribution in [2.75, 3.05) is 6.61 Å². The predicted molar refractivity (Wildman–Crippen MR) is 70.2 cm³/mol. The monoisotopic (exact) mass is 212 g/mol. The van der Waals surface area contributed by atoms with E-state index in [4.69, 9.17) is 4.74 Å². The van der Waals surface area contributed by atoms with Crippen molar-refractivity contribution in [3.63, 3.8) is 0 Å². The lowest BCUT2D eigenvalue weighted by molar-refractivity contribution is 0.108. The third-order valence-electron chi connectivity index (χ3n) is 2.22. The number of allylic oxidation sites excluding steroid dienone is 2. The largest absolute Gasteiger partial charge is 0.378 e. The summed E-state index contributed by atoms with van der Waals surface area (Å²) in [6.45, 7) is 16.4. The van der Waals surface area contributed by atoms with Gasteiger partial charge in [0.1, 0.15) is 0 Å². The van der Waals surface area contributed by atoms with Crippen molar-refractivity contribution in [1.82, 2.24) is 0 Å². The molecule has 1 heterocycles. The van der Waals surface area contributed by atoms with Gasteiger partial charge in [-0.2, -0.15) is 0 Å². The van der Waals surface area contributed by atoms with Gasteiger partial charge >= 0.3 is 0 Å². The second-order valence-electron chi connectivity index (χ2n) is 3.26. The Morgan fingerprint density at radius 1 is 1.40 bits per heavy atom. The molecule has 1 rings (SSSR count). The van der Waals surface area contributed by atoms with Crippen LogP contribution >= 0.6 is 0 Å². The van der Waals surface area contributed by atoms with Crippen molar-refractivity contribution in [3.05, 3.63) is 24.8 Å². The van der Waals surface area contributed by atoms with Crippen LogP contribution in [0.25, 0.3) is 0 Å². The molecule has 1 saturated heterocycles. The standard InChI is InChI=1S/C6H12O.C6H10.C2H6/c1-2-6-4-3-5-7-6;1-4-6(3)5-2;1-2/h6H,2-5H2,1H3;4H,1,3,5H2,2H3;1-2H3. The minimum atomic E-state index is 0.597. The van der Waals surface area contributed by atoms with E-state index in [2.05, 4.69) is 27.0 Å². The first-order valence-electron chi connectivity index (χ1n) is 6.16. The van der Waals surface area contributed by atoms with Crippen molar-refractivity contribution >= 4 is 0 Å². The van der Waals surface area contributed by atoms with E-state index in [1.165, 1.54) is 19.3 Å². The molecule has 0 radical (unpaired) electrons. The smallest absolute Gasteiger partial charge is 0.0573 e. The molecule has 1 aliphatic heterocycles. The Labute approximate surface area is 96.2 Å². The molecular weight excluding hydrogens is 184 g/mol. The maximum Gasteiger partial charge on any atom is 0.0573 e. The third kappa shape index (κ3) is 11.4. The Balaban J connectivity index is 0. The molecule has 1 unspecified atom stereocenters. The van der Waals surface area contributed by atoms with Gasteiger partial charge in [-0.15, -0.1) is 0 Å². The van der Waals surface area contributed by atoms with Crippen LogP contribution in [0.3, 0.4) is 0 Å². The quantitative estimate of drug-likeness (QED) is 0.614. The molecule has 90 valence electrons. The van der Waals surface area contributed by atoms with Crippen molar-refractivity contribution in [2.45, 2.75) is 59.5 Å². The second kappa shape index (κ2) is 13.4. The fourth-order valence-electron chi connectivity index (χ4n) is 1.11. The third-order valence-corrected chi connectivity index (χ3v) is 2.22. The Kier molecular flexibility index (Phi) is 15.1. The van der Waals surface area contributed by atoms with Crippen LogP contribution in [0.1, 0.15) is 53.4 Å². The van der Waals surface area contributed by atoms with Gasteiger partial charge in [-0.05, 0) is 25.7 Å². The number of rotatable bonds is 3. The summed E-state index contributed by atoms with van der Waals surface area (Å²) in [5, 5.41) is 0. The zero-order valence-corrected chi connectivity index (χ0v) is 11.0. The molecule has 0 aromatic heterocycles. The van der Waals surface area contributed by atoms with Crippen LogP contribution in [0.5, 0.6) is 0 Å². The first-order valence-corrected chi connectivity index (χ1v) is 6.16. The van der Waals surface area contributed by atoms with Gasteiger partial charge in [0.2, 0.25) is 0 Å². The summed E-state index contributed by atoms with van der Waals surface area (Å²) in [5.41, 5.74) is 1.11. The fourth-order valence-corrected chi connectivity index (χ4v) is 1.11. The summed E-state index contributed by atoms with van der Waals surface area (Å²) in [6, 6.07) is 0. The summed E-state index contributed by atoms with van der Waals surface area (Å²) in [4.78, 5) is 0. The molecule has 0 bridgehead atoms. The number of hydrogen-bond acceptors (Lipinski definition) is 1. The molecule has 1 atom stereocenters. The van der Waals surface area contributed by atoms with E-state index >= 15 is 0 Å². The van der Waals surface area contributed by atoms with Gasteiger partial charge in [-0.3, -0.25) is 0 Å².